The maximum absolute atomic E-state index is 11.5. The highest BCUT2D eigenvalue weighted by molar-refractivity contribution is 9.10. The van der Waals surface area contributed by atoms with Crippen LogP contribution in [-0.4, -0.2) is 25.1 Å². The van der Waals surface area contributed by atoms with Crippen molar-refractivity contribution in [1.29, 1.82) is 0 Å². The number of amides is 1. The van der Waals surface area contributed by atoms with Crippen molar-refractivity contribution >= 4 is 21.8 Å². The highest BCUT2D eigenvalue weighted by Crippen LogP contribution is 2.26. The molecule has 0 radical (unpaired) electrons. The topological polar surface area (TPSA) is 64.3 Å². The summed E-state index contributed by atoms with van der Waals surface area (Å²) < 4.78 is 6.51. The number of rotatable bonds is 7. The molecule has 1 aromatic carbocycles. The van der Waals surface area contributed by atoms with Crippen LogP contribution >= 0.6 is 15.9 Å². The molecule has 3 N–H and O–H groups in total. The average molecular weight is 327 g/mol. The normalized spacial score (nSPS) is 14.2. The summed E-state index contributed by atoms with van der Waals surface area (Å²) in [4.78, 5) is 11.5. The fraction of sp³-hybridized carbons (Fsp3) is 0.500. The summed E-state index contributed by atoms with van der Waals surface area (Å²) in [6, 6.07) is 6.33. The predicted molar refractivity (Wildman–Crippen MR) is 78.2 cm³/mol. The summed E-state index contributed by atoms with van der Waals surface area (Å²) in [5, 5.41) is 2.94. The molecule has 19 heavy (non-hydrogen) atoms. The van der Waals surface area contributed by atoms with Crippen LogP contribution < -0.4 is 15.8 Å². The van der Waals surface area contributed by atoms with Gasteiger partial charge in [0, 0.05) is 6.04 Å². The minimum atomic E-state index is 0.0679. The number of ether oxygens (including phenoxy) is 1. The Morgan fingerprint density at radius 2 is 2.26 bits per heavy atom. The molecule has 1 amide bonds. The van der Waals surface area contributed by atoms with E-state index in [1.807, 2.05) is 18.2 Å². The van der Waals surface area contributed by atoms with E-state index in [1.54, 1.807) is 0 Å². The molecule has 1 aliphatic carbocycles. The summed E-state index contributed by atoms with van der Waals surface area (Å²) in [5.74, 6) is 0.832. The molecule has 0 unspecified atom stereocenters. The van der Waals surface area contributed by atoms with Gasteiger partial charge in [0.2, 0.25) is 5.91 Å². The van der Waals surface area contributed by atoms with Crippen molar-refractivity contribution in [3.8, 4) is 5.75 Å². The van der Waals surface area contributed by atoms with Crippen molar-refractivity contribution in [3.63, 3.8) is 0 Å². The van der Waals surface area contributed by atoms with Crippen LogP contribution in [0.5, 0.6) is 5.75 Å². The molecular formula is C14H19BrN2O2. The third-order valence-electron chi connectivity index (χ3n) is 2.96. The standard InChI is InChI=1S/C14H19BrN2O2/c15-12-9-10(5-7-16)1-4-13(12)19-8-6-14(18)17-11-2-3-11/h1,4,9,11H,2-3,5-8,16H2,(H,17,18). The Kier molecular flexibility index (Phi) is 5.22. The van der Waals surface area contributed by atoms with E-state index in [0.29, 0.717) is 25.6 Å². The van der Waals surface area contributed by atoms with Gasteiger partial charge in [-0.05, 0) is 59.4 Å². The molecular weight excluding hydrogens is 308 g/mol. The van der Waals surface area contributed by atoms with Gasteiger partial charge in [-0.1, -0.05) is 6.07 Å². The molecule has 1 aliphatic rings. The molecule has 0 aromatic heterocycles. The number of hydrogen-bond donors (Lipinski definition) is 2. The van der Waals surface area contributed by atoms with Crippen molar-refractivity contribution in [3.05, 3.63) is 28.2 Å². The van der Waals surface area contributed by atoms with Gasteiger partial charge in [-0.25, -0.2) is 0 Å². The fourth-order valence-electron chi connectivity index (χ4n) is 1.76. The number of nitrogens with two attached hydrogens (primary N) is 1. The van der Waals surface area contributed by atoms with Gasteiger partial charge < -0.3 is 15.8 Å². The Labute approximate surface area is 121 Å². The SMILES string of the molecule is NCCc1ccc(OCCC(=O)NC2CC2)c(Br)c1. The molecule has 2 rings (SSSR count). The Hall–Kier alpha value is -1.07. The smallest absolute Gasteiger partial charge is 0.223 e. The van der Waals surface area contributed by atoms with Gasteiger partial charge in [-0.15, -0.1) is 0 Å². The largest absolute Gasteiger partial charge is 0.492 e. The highest BCUT2D eigenvalue weighted by Gasteiger charge is 2.22. The zero-order valence-electron chi connectivity index (χ0n) is 10.8. The van der Waals surface area contributed by atoms with Crippen molar-refractivity contribution in [2.75, 3.05) is 13.2 Å². The first-order valence-electron chi connectivity index (χ1n) is 6.59. The van der Waals surface area contributed by atoms with Crippen LogP contribution in [0.2, 0.25) is 0 Å². The molecule has 0 saturated heterocycles. The number of halogens is 1. The molecule has 0 aliphatic heterocycles. The van der Waals surface area contributed by atoms with E-state index in [1.165, 1.54) is 5.56 Å². The molecule has 5 heteroatoms. The molecule has 0 bridgehead atoms. The third-order valence-corrected chi connectivity index (χ3v) is 3.58. The van der Waals surface area contributed by atoms with Crippen LogP contribution in [0.4, 0.5) is 0 Å². The van der Waals surface area contributed by atoms with Gasteiger partial charge >= 0.3 is 0 Å². The molecule has 1 saturated carbocycles. The maximum Gasteiger partial charge on any atom is 0.223 e. The molecule has 104 valence electrons. The van der Waals surface area contributed by atoms with E-state index >= 15 is 0 Å². The minimum absolute atomic E-state index is 0.0679. The van der Waals surface area contributed by atoms with Gasteiger partial charge in [0.05, 0.1) is 17.5 Å². The van der Waals surface area contributed by atoms with Gasteiger partial charge in [-0.2, -0.15) is 0 Å². The zero-order valence-corrected chi connectivity index (χ0v) is 12.4. The summed E-state index contributed by atoms with van der Waals surface area (Å²) in [7, 11) is 0. The van der Waals surface area contributed by atoms with Gasteiger partial charge in [0.15, 0.2) is 0 Å². The predicted octanol–water partition coefficient (Wildman–Crippen LogP) is 2.00. The molecule has 4 nitrogen and oxygen atoms in total. The van der Waals surface area contributed by atoms with Crippen molar-refractivity contribution in [1.82, 2.24) is 5.32 Å². The lowest BCUT2D eigenvalue weighted by Crippen LogP contribution is -2.26. The Morgan fingerprint density at radius 3 is 2.89 bits per heavy atom. The summed E-state index contributed by atoms with van der Waals surface area (Å²) in [6.07, 6.45) is 3.47. The first-order valence-corrected chi connectivity index (χ1v) is 7.39. The summed E-state index contributed by atoms with van der Waals surface area (Å²) in [5.41, 5.74) is 6.69. The second-order valence-electron chi connectivity index (χ2n) is 4.74. The van der Waals surface area contributed by atoms with Crippen LogP contribution in [0.1, 0.15) is 24.8 Å². The van der Waals surface area contributed by atoms with Gasteiger partial charge in [-0.3, -0.25) is 4.79 Å². The Bertz CT molecular complexity index is 447. The van der Waals surface area contributed by atoms with Crippen molar-refractivity contribution in [2.45, 2.75) is 31.7 Å². The quantitative estimate of drug-likeness (QED) is 0.805. The first-order chi connectivity index (χ1) is 9.19. The number of carbonyl (C=O) groups excluding carboxylic acids is 1. The van der Waals surface area contributed by atoms with E-state index in [-0.39, 0.29) is 5.91 Å². The summed E-state index contributed by atoms with van der Waals surface area (Å²) in [6.45, 7) is 1.03. The van der Waals surface area contributed by atoms with E-state index < -0.39 is 0 Å². The average Bonchev–Trinajstić information content (AvgIpc) is 3.16. The monoisotopic (exact) mass is 326 g/mol. The lowest BCUT2D eigenvalue weighted by molar-refractivity contribution is -0.121. The zero-order chi connectivity index (χ0) is 13.7. The molecule has 0 spiro atoms. The molecule has 0 heterocycles. The molecule has 1 aromatic rings. The summed E-state index contributed by atoms with van der Waals surface area (Å²) >= 11 is 3.47. The minimum Gasteiger partial charge on any atom is -0.492 e. The lowest BCUT2D eigenvalue weighted by Gasteiger charge is -2.09. The number of carbonyl (C=O) groups is 1. The number of nitrogens with one attached hydrogen (secondary N) is 1. The second kappa shape index (κ2) is 6.91. The van der Waals surface area contributed by atoms with Crippen LogP contribution in [0.3, 0.4) is 0 Å². The number of benzene rings is 1. The van der Waals surface area contributed by atoms with E-state index in [9.17, 15) is 4.79 Å². The highest BCUT2D eigenvalue weighted by atomic mass is 79.9. The fourth-order valence-corrected chi connectivity index (χ4v) is 2.31. The molecule has 0 atom stereocenters. The third kappa shape index (κ3) is 4.84. The van der Waals surface area contributed by atoms with Gasteiger partial charge in [0.25, 0.3) is 0 Å². The van der Waals surface area contributed by atoms with E-state index in [4.69, 9.17) is 10.5 Å². The Morgan fingerprint density at radius 1 is 1.47 bits per heavy atom. The first kappa shape index (κ1) is 14.3. The maximum atomic E-state index is 11.5. The van der Waals surface area contributed by atoms with E-state index in [0.717, 1.165) is 29.5 Å². The van der Waals surface area contributed by atoms with Crippen molar-refractivity contribution < 1.29 is 9.53 Å². The van der Waals surface area contributed by atoms with E-state index in [2.05, 4.69) is 21.2 Å². The second-order valence-corrected chi connectivity index (χ2v) is 5.60. The van der Waals surface area contributed by atoms with Crippen LogP contribution in [-0.2, 0) is 11.2 Å². The lowest BCUT2D eigenvalue weighted by atomic mass is 10.1. The van der Waals surface area contributed by atoms with Crippen LogP contribution in [0.15, 0.2) is 22.7 Å². The Balaban J connectivity index is 1.76. The van der Waals surface area contributed by atoms with Crippen LogP contribution in [0, 0.1) is 0 Å². The van der Waals surface area contributed by atoms with Gasteiger partial charge in [0.1, 0.15) is 5.75 Å². The van der Waals surface area contributed by atoms with Crippen molar-refractivity contribution in [2.24, 2.45) is 5.73 Å². The van der Waals surface area contributed by atoms with Crippen LogP contribution in [0.25, 0.3) is 0 Å². The number of hydrogen-bond acceptors (Lipinski definition) is 3. The molecule has 1 fully saturated rings.